The van der Waals surface area contributed by atoms with Crippen LogP contribution in [0.25, 0.3) is 0 Å². The molecule has 0 aromatic heterocycles. The minimum Gasteiger partial charge on any atom is -0.396 e. The van der Waals surface area contributed by atoms with Crippen LogP contribution in [0.5, 0.6) is 0 Å². The summed E-state index contributed by atoms with van der Waals surface area (Å²) >= 11 is 0. The zero-order chi connectivity index (χ0) is 25.0. The lowest BCUT2D eigenvalue weighted by atomic mass is 10.00. The van der Waals surface area contributed by atoms with Gasteiger partial charge < -0.3 is 16.5 Å². The average molecular weight is 549 g/mol. The largest absolute Gasteiger partial charge is 0.636 e. The van der Waals surface area contributed by atoms with Gasteiger partial charge in [-0.15, -0.1) is 0 Å². The lowest BCUT2D eigenvalue weighted by Crippen LogP contribution is -2.64. The maximum atomic E-state index is 7.27. The van der Waals surface area contributed by atoms with E-state index in [2.05, 4.69) is 60.8 Å². The molecular weight excluding hydrogens is 493 g/mol. The van der Waals surface area contributed by atoms with Gasteiger partial charge in [0.15, 0.2) is 16.6 Å². The molecule has 1 fully saturated rings. The van der Waals surface area contributed by atoms with Crippen molar-refractivity contribution < 1.29 is 16.5 Å². The normalized spacial score (nSPS) is 16.1. The number of unbranched alkanes of at least 4 members (excludes halogenated alkanes) is 3. The topological polar surface area (TPSA) is 36.9 Å². The fourth-order valence-corrected chi connectivity index (χ4v) is 23.9. The molecule has 0 amide bonds. The molecule has 196 valence electrons. The van der Waals surface area contributed by atoms with Crippen molar-refractivity contribution in [2.75, 3.05) is 0 Å². The average Bonchev–Trinajstić information content (AvgIpc) is 2.70. The van der Waals surface area contributed by atoms with Gasteiger partial charge in [-0.2, -0.15) is 0 Å². The van der Waals surface area contributed by atoms with Gasteiger partial charge in [0.25, 0.3) is 0 Å². The van der Waals surface area contributed by atoms with E-state index in [1.54, 1.807) is 0 Å². The molecule has 0 N–H and O–H groups in total. The summed E-state index contributed by atoms with van der Waals surface area (Å²) in [7, 11) is -9.16. The highest BCUT2D eigenvalue weighted by Crippen LogP contribution is 2.43. The molecule has 0 atom stereocenters. The fourth-order valence-electron chi connectivity index (χ4n) is 4.33. The van der Waals surface area contributed by atoms with Gasteiger partial charge in [-0.25, -0.2) is 0 Å². The van der Waals surface area contributed by atoms with Crippen LogP contribution in [0.2, 0.25) is 61.9 Å². The summed E-state index contributed by atoms with van der Waals surface area (Å²) in [5, 5.41) is 0. The molecule has 1 aliphatic rings. The minimum absolute atomic E-state index is 0.724. The van der Waals surface area contributed by atoms with Crippen LogP contribution in [-0.2, 0) is 16.5 Å². The molecule has 4 nitrogen and oxygen atoms in total. The Morgan fingerprint density at radius 3 is 1.55 bits per heavy atom. The minimum atomic E-state index is -3.22. The number of hydrogen-bond donors (Lipinski definition) is 0. The van der Waals surface area contributed by atoms with Gasteiger partial charge in [0.05, 0.1) is 0 Å². The van der Waals surface area contributed by atoms with Gasteiger partial charge in [0, 0.05) is 0 Å². The summed E-state index contributed by atoms with van der Waals surface area (Å²) in [4.78, 5) is 0. The zero-order valence-corrected chi connectivity index (χ0v) is 28.6. The van der Waals surface area contributed by atoms with Crippen LogP contribution in [0, 0.1) is 0 Å². The van der Waals surface area contributed by atoms with E-state index in [-0.39, 0.29) is 0 Å². The Morgan fingerprint density at radius 1 is 0.697 bits per heavy atom. The van der Waals surface area contributed by atoms with Crippen LogP contribution in [0.3, 0.4) is 0 Å². The Bertz CT molecular complexity index is 499. The maximum absolute atomic E-state index is 7.27. The van der Waals surface area contributed by atoms with Gasteiger partial charge in [-0.05, 0) is 61.9 Å². The number of hydrogen-bond acceptors (Lipinski definition) is 4. The van der Waals surface area contributed by atoms with E-state index in [9.17, 15) is 0 Å². The second-order valence-electron chi connectivity index (χ2n) is 11.0. The molecular formula is C24H56O4Si5. The fraction of sp³-hybridized carbons (Fsp3) is 1.00. The lowest BCUT2D eigenvalue weighted by Gasteiger charge is -2.46. The summed E-state index contributed by atoms with van der Waals surface area (Å²) in [5.74, 6) is 0. The molecule has 9 heteroatoms. The monoisotopic (exact) mass is 548 g/mol. The van der Waals surface area contributed by atoms with Crippen molar-refractivity contribution in [1.82, 2.24) is 0 Å². The first kappa shape index (κ1) is 32.0. The molecule has 0 aliphatic heterocycles. The van der Waals surface area contributed by atoms with E-state index in [1.165, 1.54) is 69.9 Å². The van der Waals surface area contributed by atoms with E-state index in [0.717, 1.165) is 23.7 Å². The molecule has 0 aromatic rings. The Morgan fingerprint density at radius 2 is 1.18 bits per heavy atom. The predicted molar refractivity (Wildman–Crippen MR) is 154 cm³/mol. The van der Waals surface area contributed by atoms with Crippen LogP contribution >= 0.6 is 0 Å². The Kier molecular flexibility index (Phi) is 15.4. The molecule has 0 bridgehead atoms. The van der Waals surface area contributed by atoms with Crippen molar-refractivity contribution >= 4 is 43.8 Å². The van der Waals surface area contributed by atoms with Crippen LogP contribution in [0.1, 0.15) is 92.4 Å². The molecule has 0 unspecified atom stereocenters. The summed E-state index contributed by atoms with van der Waals surface area (Å²) in [5.41, 5.74) is 0.724. The third kappa shape index (κ3) is 11.7. The van der Waals surface area contributed by atoms with Gasteiger partial charge in [0.1, 0.15) is 0 Å². The van der Waals surface area contributed by atoms with Crippen LogP contribution < -0.4 is 0 Å². The summed E-state index contributed by atoms with van der Waals surface area (Å²) in [6.07, 6.45) is 11.3. The van der Waals surface area contributed by atoms with Crippen molar-refractivity contribution in [2.24, 2.45) is 0 Å². The molecule has 0 heterocycles. The zero-order valence-electron chi connectivity index (χ0n) is 23.6. The predicted octanol–water partition coefficient (Wildman–Crippen LogP) is 8.88. The van der Waals surface area contributed by atoms with E-state index < -0.39 is 43.8 Å². The molecule has 1 saturated carbocycles. The van der Waals surface area contributed by atoms with Crippen LogP contribution in [0.4, 0.5) is 0 Å². The van der Waals surface area contributed by atoms with E-state index >= 15 is 0 Å². The Balaban J connectivity index is 3.33. The van der Waals surface area contributed by atoms with Crippen molar-refractivity contribution in [2.45, 2.75) is 154 Å². The first-order chi connectivity index (χ1) is 15.6. The maximum Gasteiger partial charge on any atom is 0.636 e. The summed E-state index contributed by atoms with van der Waals surface area (Å²) in [6.45, 7) is 21.0. The van der Waals surface area contributed by atoms with Crippen LogP contribution in [0.15, 0.2) is 0 Å². The SMILES string of the molecule is CCCC[Si](CC)O[Si](O[Si](CC)CCCC)(O[Si](C)(C)CCCC)O[Si](C)(C)C1CCC1. The first-order valence-electron chi connectivity index (χ1n) is 14.0. The number of rotatable bonds is 20. The van der Waals surface area contributed by atoms with Crippen molar-refractivity contribution in [3.63, 3.8) is 0 Å². The van der Waals surface area contributed by atoms with Gasteiger partial charge in [-0.3, -0.25) is 0 Å². The molecule has 33 heavy (non-hydrogen) atoms. The second-order valence-corrected chi connectivity index (χ2v) is 27.9. The van der Waals surface area contributed by atoms with Crippen molar-refractivity contribution in [3.8, 4) is 0 Å². The van der Waals surface area contributed by atoms with Gasteiger partial charge >= 0.3 is 9.05 Å². The van der Waals surface area contributed by atoms with E-state index in [0.29, 0.717) is 0 Å². The van der Waals surface area contributed by atoms with E-state index in [4.69, 9.17) is 16.5 Å². The third-order valence-corrected chi connectivity index (χ3v) is 25.1. The van der Waals surface area contributed by atoms with Gasteiger partial charge in [-0.1, -0.05) is 92.4 Å². The third-order valence-electron chi connectivity index (χ3n) is 6.96. The quantitative estimate of drug-likeness (QED) is 0.142. The van der Waals surface area contributed by atoms with Gasteiger partial charge in [0.2, 0.25) is 18.1 Å². The van der Waals surface area contributed by atoms with Crippen LogP contribution in [-0.4, -0.2) is 43.8 Å². The Labute approximate surface area is 214 Å². The Hall–Kier alpha value is 0.924. The standard InChI is InChI=1S/C24H56O4Si5/c1-10-15-21-29(13-4)25-33(26-30(14-5)22-16-11-2,27-31(6,7)23-17-12-3)28-32(8,9)24-19-18-20-24/h24H,10-23H2,1-9H3. The van der Waals surface area contributed by atoms with Crippen molar-refractivity contribution in [1.29, 1.82) is 0 Å². The molecule has 2 radical (unpaired) electrons. The molecule has 0 aromatic carbocycles. The molecule has 1 rings (SSSR count). The summed E-state index contributed by atoms with van der Waals surface area (Å²) in [6, 6.07) is 5.70. The van der Waals surface area contributed by atoms with Crippen molar-refractivity contribution in [3.05, 3.63) is 0 Å². The second kappa shape index (κ2) is 15.9. The summed E-state index contributed by atoms with van der Waals surface area (Å²) < 4.78 is 28.8. The molecule has 1 aliphatic carbocycles. The molecule has 0 spiro atoms. The van der Waals surface area contributed by atoms with E-state index in [1.807, 2.05) is 0 Å². The lowest BCUT2D eigenvalue weighted by molar-refractivity contribution is 0.147. The highest BCUT2D eigenvalue weighted by molar-refractivity contribution is 6.88. The smallest absolute Gasteiger partial charge is 0.396 e. The molecule has 0 saturated heterocycles. The first-order valence-corrected chi connectivity index (χ1v) is 25.4. The highest BCUT2D eigenvalue weighted by atomic mass is 28.5. The highest BCUT2D eigenvalue weighted by Gasteiger charge is 2.57.